The molecule has 0 radical (unpaired) electrons. The summed E-state index contributed by atoms with van der Waals surface area (Å²) in [4.78, 5) is 28.5. The molecule has 148 valence electrons. The fourth-order valence-electron chi connectivity index (χ4n) is 2.96. The molecule has 0 bridgehead atoms. The van der Waals surface area contributed by atoms with E-state index in [0.29, 0.717) is 17.6 Å². The Balaban J connectivity index is 2.53. The first-order valence-electron chi connectivity index (χ1n) is 9.35. The van der Waals surface area contributed by atoms with E-state index in [4.69, 9.17) is 10.1 Å². The lowest BCUT2D eigenvalue weighted by molar-refractivity contribution is -0.137. The molecule has 2 N–H and O–H groups in total. The van der Waals surface area contributed by atoms with Crippen LogP contribution in [0.15, 0.2) is 6.07 Å². The van der Waals surface area contributed by atoms with Gasteiger partial charge in [-0.2, -0.15) is 5.10 Å². The molecule has 1 atom stereocenters. The average Bonchev–Trinajstić information content (AvgIpc) is 2.89. The zero-order valence-electron chi connectivity index (χ0n) is 17.3. The number of aliphatic carboxylic acids is 1. The van der Waals surface area contributed by atoms with Gasteiger partial charge in [-0.05, 0) is 53.0 Å². The lowest BCUT2D eigenvalue weighted by Crippen LogP contribution is -2.33. The summed E-state index contributed by atoms with van der Waals surface area (Å²) in [5.41, 5.74) is 2.56. The molecule has 7 heteroatoms. The zero-order valence-corrected chi connectivity index (χ0v) is 17.3. The second-order valence-corrected chi connectivity index (χ2v) is 8.42. The number of fused-ring (bicyclic) bond motifs is 1. The molecule has 2 rings (SSSR count). The molecule has 0 saturated heterocycles. The van der Waals surface area contributed by atoms with E-state index in [1.165, 1.54) is 0 Å². The van der Waals surface area contributed by atoms with Crippen LogP contribution in [0, 0.1) is 6.92 Å². The molecule has 2 aromatic rings. The maximum Gasteiger partial charge on any atom is 0.303 e. The van der Waals surface area contributed by atoms with Crippen molar-refractivity contribution in [2.24, 2.45) is 0 Å². The lowest BCUT2D eigenvalue weighted by Gasteiger charge is -2.21. The van der Waals surface area contributed by atoms with Gasteiger partial charge < -0.3 is 10.4 Å². The van der Waals surface area contributed by atoms with Gasteiger partial charge in [-0.15, -0.1) is 0 Å². The van der Waals surface area contributed by atoms with Crippen LogP contribution in [-0.4, -0.2) is 37.8 Å². The van der Waals surface area contributed by atoms with Crippen molar-refractivity contribution in [3.8, 4) is 0 Å². The molecule has 0 aliphatic carbocycles. The summed E-state index contributed by atoms with van der Waals surface area (Å²) in [6, 6.07) is 1.59. The second kappa shape index (κ2) is 7.66. The third-order valence-corrected chi connectivity index (χ3v) is 4.47. The van der Waals surface area contributed by atoms with E-state index in [0.717, 1.165) is 16.8 Å². The summed E-state index contributed by atoms with van der Waals surface area (Å²) in [5.74, 6) is -0.931. The maximum absolute atomic E-state index is 13.0. The van der Waals surface area contributed by atoms with Crippen molar-refractivity contribution in [2.75, 3.05) is 0 Å². The summed E-state index contributed by atoms with van der Waals surface area (Å²) in [6.45, 7) is 13.9. The minimum absolute atomic E-state index is 0.0193. The van der Waals surface area contributed by atoms with Crippen molar-refractivity contribution in [1.29, 1.82) is 0 Å². The predicted octanol–water partition coefficient (Wildman–Crippen LogP) is 3.60. The Morgan fingerprint density at radius 1 is 1.26 bits per heavy atom. The molecule has 2 heterocycles. The van der Waals surface area contributed by atoms with E-state index in [9.17, 15) is 9.59 Å². The van der Waals surface area contributed by atoms with Gasteiger partial charge in [-0.25, -0.2) is 9.67 Å². The highest BCUT2D eigenvalue weighted by molar-refractivity contribution is 6.06. The molecular formula is C20H30N4O3. The predicted molar refractivity (Wildman–Crippen MR) is 105 cm³/mol. The van der Waals surface area contributed by atoms with E-state index < -0.39 is 5.97 Å². The number of amides is 1. The third kappa shape index (κ3) is 4.64. The van der Waals surface area contributed by atoms with Crippen LogP contribution in [0.5, 0.6) is 0 Å². The smallest absolute Gasteiger partial charge is 0.303 e. The summed E-state index contributed by atoms with van der Waals surface area (Å²) in [6.07, 6.45) is 0.401. The molecule has 1 amide bonds. The maximum atomic E-state index is 13.0. The Bertz CT molecular complexity index is 862. The minimum Gasteiger partial charge on any atom is -0.481 e. The number of nitrogens with one attached hydrogen (secondary N) is 1. The summed E-state index contributed by atoms with van der Waals surface area (Å²) in [5, 5.41) is 17.1. The van der Waals surface area contributed by atoms with Crippen molar-refractivity contribution in [1.82, 2.24) is 20.1 Å². The van der Waals surface area contributed by atoms with Gasteiger partial charge in [0, 0.05) is 18.2 Å². The number of aromatic nitrogens is 3. The number of aryl methyl sites for hydroxylation is 1. The molecule has 0 fully saturated rings. The van der Waals surface area contributed by atoms with Crippen molar-refractivity contribution < 1.29 is 14.7 Å². The van der Waals surface area contributed by atoms with Crippen molar-refractivity contribution >= 4 is 22.9 Å². The Morgan fingerprint density at radius 3 is 2.41 bits per heavy atom. The number of carbonyl (C=O) groups is 2. The number of nitrogens with zero attached hydrogens (tertiary/aromatic N) is 3. The number of carbonyl (C=O) groups excluding carboxylic acids is 1. The van der Waals surface area contributed by atoms with E-state index in [1.807, 2.05) is 38.4 Å². The summed E-state index contributed by atoms with van der Waals surface area (Å²) >= 11 is 0. The molecular weight excluding hydrogens is 344 g/mol. The number of hydrogen-bond donors (Lipinski definition) is 2. The Labute approximate surface area is 160 Å². The van der Waals surface area contributed by atoms with E-state index in [-0.39, 0.29) is 29.8 Å². The topological polar surface area (TPSA) is 97.1 Å². The first-order valence-corrected chi connectivity index (χ1v) is 9.35. The highest BCUT2D eigenvalue weighted by Gasteiger charge is 2.25. The monoisotopic (exact) mass is 374 g/mol. The average molecular weight is 374 g/mol. The van der Waals surface area contributed by atoms with Gasteiger partial charge in [0.1, 0.15) is 0 Å². The minimum atomic E-state index is -0.869. The van der Waals surface area contributed by atoms with Gasteiger partial charge in [0.15, 0.2) is 5.65 Å². The van der Waals surface area contributed by atoms with Crippen LogP contribution in [0.3, 0.4) is 0 Å². The lowest BCUT2D eigenvalue weighted by atomic mass is 10.0. The molecule has 0 aliphatic rings. The van der Waals surface area contributed by atoms with Crippen LogP contribution in [0.2, 0.25) is 0 Å². The number of pyridine rings is 1. The number of hydrogen-bond acceptors (Lipinski definition) is 4. The SMILES string of the molecule is Cc1nn(C(C)(C)C)c2nc(C(C)C)cc(C(=O)NC(C)CCC(=O)O)c12. The van der Waals surface area contributed by atoms with E-state index >= 15 is 0 Å². The molecule has 0 aromatic carbocycles. The Kier molecular flexibility index (Phi) is 5.92. The van der Waals surface area contributed by atoms with Gasteiger partial charge in [-0.1, -0.05) is 13.8 Å². The van der Waals surface area contributed by atoms with Crippen LogP contribution in [0.1, 0.15) is 82.0 Å². The van der Waals surface area contributed by atoms with Crippen LogP contribution >= 0.6 is 0 Å². The molecule has 7 nitrogen and oxygen atoms in total. The number of carboxylic acid groups (broad SMARTS) is 1. The molecule has 27 heavy (non-hydrogen) atoms. The van der Waals surface area contributed by atoms with Gasteiger partial charge in [0.25, 0.3) is 5.91 Å². The Hall–Kier alpha value is -2.44. The highest BCUT2D eigenvalue weighted by Crippen LogP contribution is 2.29. The van der Waals surface area contributed by atoms with Gasteiger partial charge in [0.2, 0.25) is 0 Å². The van der Waals surface area contributed by atoms with Crippen molar-refractivity contribution in [3.63, 3.8) is 0 Å². The fraction of sp³-hybridized carbons (Fsp3) is 0.600. The van der Waals surface area contributed by atoms with Crippen molar-refractivity contribution in [2.45, 2.75) is 78.8 Å². The van der Waals surface area contributed by atoms with Gasteiger partial charge in [0.05, 0.1) is 22.2 Å². The normalized spacial score (nSPS) is 13.2. The number of rotatable bonds is 6. The standard InChI is InChI=1S/C20H30N4O3/c1-11(2)15-10-14(19(27)21-12(3)8-9-16(25)26)17-13(4)23-24(18(17)22-15)20(5,6)7/h10-12H,8-9H2,1-7H3,(H,21,27)(H,25,26). The Morgan fingerprint density at radius 2 is 1.89 bits per heavy atom. The second-order valence-electron chi connectivity index (χ2n) is 8.42. The molecule has 0 aliphatic heterocycles. The molecule has 1 unspecified atom stereocenters. The summed E-state index contributed by atoms with van der Waals surface area (Å²) < 4.78 is 1.87. The van der Waals surface area contributed by atoms with Gasteiger partial charge in [-0.3, -0.25) is 9.59 Å². The zero-order chi connectivity index (χ0) is 20.5. The first kappa shape index (κ1) is 20.9. The van der Waals surface area contributed by atoms with E-state index in [2.05, 4.69) is 31.2 Å². The largest absolute Gasteiger partial charge is 0.481 e. The van der Waals surface area contributed by atoms with Crippen LogP contribution in [0.4, 0.5) is 0 Å². The fourth-order valence-corrected chi connectivity index (χ4v) is 2.96. The van der Waals surface area contributed by atoms with Crippen LogP contribution < -0.4 is 5.32 Å². The van der Waals surface area contributed by atoms with Crippen LogP contribution in [0.25, 0.3) is 11.0 Å². The first-order chi connectivity index (χ1) is 12.4. The third-order valence-electron chi connectivity index (χ3n) is 4.47. The highest BCUT2D eigenvalue weighted by atomic mass is 16.4. The van der Waals surface area contributed by atoms with Crippen molar-refractivity contribution in [3.05, 3.63) is 23.0 Å². The van der Waals surface area contributed by atoms with E-state index in [1.54, 1.807) is 0 Å². The van der Waals surface area contributed by atoms with Crippen LogP contribution in [-0.2, 0) is 10.3 Å². The summed E-state index contributed by atoms with van der Waals surface area (Å²) in [7, 11) is 0. The number of carboxylic acids is 1. The molecule has 2 aromatic heterocycles. The molecule has 0 saturated carbocycles. The molecule has 0 spiro atoms. The quantitative estimate of drug-likeness (QED) is 0.805. The van der Waals surface area contributed by atoms with Gasteiger partial charge >= 0.3 is 5.97 Å².